The Morgan fingerprint density at radius 1 is 0.939 bits per heavy atom. The summed E-state index contributed by atoms with van der Waals surface area (Å²) in [5.74, 6) is 0.255. The Morgan fingerprint density at radius 3 is 2.30 bits per heavy atom. The fourth-order valence-corrected chi connectivity index (χ4v) is 4.19. The molecule has 0 unspecified atom stereocenters. The van der Waals surface area contributed by atoms with Gasteiger partial charge in [0.05, 0.1) is 24.7 Å². The highest BCUT2D eigenvalue weighted by molar-refractivity contribution is 7.92. The van der Waals surface area contributed by atoms with E-state index in [9.17, 15) is 13.2 Å². The number of methoxy groups -OCH3 is 1. The maximum absolute atomic E-state index is 12.8. The highest BCUT2D eigenvalue weighted by atomic mass is 32.2. The normalized spacial score (nSPS) is 11.3. The van der Waals surface area contributed by atoms with E-state index in [4.69, 9.17) is 9.47 Å². The molecule has 1 amide bonds. The number of anilines is 1. The third kappa shape index (κ3) is 6.81. The molecule has 3 aromatic carbocycles. The van der Waals surface area contributed by atoms with Crippen molar-refractivity contribution in [3.8, 4) is 5.75 Å². The van der Waals surface area contributed by atoms with Gasteiger partial charge in [0.25, 0.3) is 15.9 Å². The monoisotopic (exact) mass is 468 g/mol. The largest absolute Gasteiger partial charge is 0.497 e. The first-order chi connectivity index (χ1) is 15.8. The number of hydrogen-bond acceptors (Lipinski definition) is 5. The number of amides is 1. The molecule has 3 rings (SSSR count). The van der Waals surface area contributed by atoms with Crippen molar-refractivity contribution in [2.75, 3.05) is 11.8 Å². The van der Waals surface area contributed by atoms with Gasteiger partial charge in [-0.05, 0) is 67.4 Å². The Bertz CT molecular complexity index is 1190. The van der Waals surface area contributed by atoms with Crippen molar-refractivity contribution in [3.05, 3.63) is 89.5 Å². The van der Waals surface area contributed by atoms with E-state index in [0.717, 1.165) is 11.1 Å². The second-order valence-electron chi connectivity index (χ2n) is 7.67. The molecule has 0 aromatic heterocycles. The fourth-order valence-electron chi connectivity index (χ4n) is 3.08. The van der Waals surface area contributed by atoms with Gasteiger partial charge in [-0.2, -0.15) is 0 Å². The summed E-state index contributed by atoms with van der Waals surface area (Å²) >= 11 is 0. The van der Waals surface area contributed by atoms with Crippen molar-refractivity contribution in [2.45, 2.75) is 38.0 Å². The molecule has 0 radical (unpaired) electrons. The van der Waals surface area contributed by atoms with Crippen molar-refractivity contribution in [1.82, 2.24) is 5.32 Å². The van der Waals surface area contributed by atoms with Gasteiger partial charge in [0.15, 0.2) is 0 Å². The van der Waals surface area contributed by atoms with Crippen LogP contribution in [0.15, 0.2) is 77.7 Å². The molecule has 0 heterocycles. The molecule has 7 nitrogen and oxygen atoms in total. The molecule has 0 spiro atoms. The zero-order valence-electron chi connectivity index (χ0n) is 18.9. The van der Waals surface area contributed by atoms with Gasteiger partial charge in [0, 0.05) is 17.8 Å². The molecule has 0 atom stereocenters. The van der Waals surface area contributed by atoms with Crippen molar-refractivity contribution < 1.29 is 22.7 Å². The smallest absolute Gasteiger partial charge is 0.261 e. The molecule has 0 aliphatic heterocycles. The van der Waals surface area contributed by atoms with Crippen LogP contribution in [-0.4, -0.2) is 27.5 Å². The van der Waals surface area contributed by atoms with Crippen LogP contribution in [0.2, 0.25) is 0 Å². The van der Waals surface area contributed by atoms with Crippen molar-refractivity contribution in [1.29, 1.82) is 0 Å². The predicted molar refractivity (Wildman–Crippen MR) is 128 cm³/mol. The third-order valence-corrected chi connectivity index (χ3v) is 6.26. The lowest BCUT2D eigenvalue weighted by molar-refractivity contribution is 0.0651. The summed E-state index contributed by atoms with van der Waals surface area (Å²) in [6.45, 7) is 4.69. The van der Waals surface area contributed by atoms with Gasteiger partial charge < -0.3 is 14.8 Å². The van der Waals surface area contributed by atoms with Gasteiger partial charge in [-0.15, -0.1) is 0 Å². The van der Waals surface area contributed by atoms with Crippen LogP contribution in [0.1, 0.15) is 35.3 Å². The quantitative estimate of drug-likeness (QED) is 0.461. The number of carbonyl (C=O) groups is 1. The summed E-state index contributed by atoms with van der Waals surface area (Å²) in [6, 6.07) is 20.2. The molecule has 33 heavy (non-hydrogen) atoms. The first-order valence-corrected chi connectivity index (χ1v) is 12.0. The van der Waals surface area contributed by atoms with E-state index >= 15 is 0 Å². The molecule has 3 aromatic rings. The second kappa shape index (κ2) is 11.0. The molecule has 0 fully saturated rings. The molecule has 0 aliphatic rings. The lowest BCUT2D eigenvalue weighted by Crippen LogP contribution is -2.24. The lowest BCUT2D eigenvalue weighted by atomic mass is 10.1. The predicted octanol–water partition coefficient (Wildman–Crippen LogP) is 4.35. The summed E-state index contributed by atoms with van der Waals surface area (Å²) in [7, 11) is -2.33. The summed E-state index contributed by atoms with van der Waals surface area (Å²) in [6.07, 6.45) is 0.101. The van der Waals surface area contributed by atoms with Crippen LogP contribution in [0.4, 0.5) is 5.69 Å². The van der Waals surface area contributed by atoms with Crippen molar-refractivity contribution in [3.63, 3.8) is 0 Å². The van der Waals surface area contributed by atoms with E-state index in [1.165, 1.54) is 19.2 Å². The average Bonchev–Trinajstić information content (AvgIpc) is 2.82. The van der Waals surface area contributed by atoms with Gasteiger partial charge in [0.1, 0.15) is 5.75 Å². The molecule has 0 aliphatic carbocycles. The van der Waals surface area contributed by atoms with Gasteiger partial charge in [-0.25, -0.2) is 8.42 Å². The molecule has 0 bridgehead atoms. The molecule has 0 saturated heterocycles. The van der Waals surface area contributed by atoms with Crippen LogP contribution in [0.3, 0.4) is 0 Å². The number of sulfonamides is 1. The Hall–Kier alpha value is -3.36. The van der Waals surface area contributed by atoms with Crippen LogP contribution >= 0.6 is 0 Å². The Morgan fingerprint density at radius 2 is 1.64 bits per heavy atom. The van der Waals surface area contributed by atoms with Crippen molar-refractivity contribution >= 4 is 21.6 Å². The molecule has 2 N–H and O–H groups in total. The summed E-state index contributed by atoms with van der Waals surface area (Å²) in [4.78, 5) is 12.7. The highest BCUT2D eigenvalue weighted by Gasteiger charge is 2.17. The van der Waals surface area contributed by atoms with Gasteiger partial charge in [-0.1, -0.05) is 30.3 Å². The SMILES string of the molecule is COc1ccc(NS(=O)(=O)c2cccc(C(=O)NCc3ccccc3COC(C)C)c2)cc1. The minimum absolute atomic E-state index is 0.00305. The van der Waals surface area contributed by atoms with Crippen molar-refractivity contribution in [2.24, 2.45) is 0 Å². The number of carbonyl (C=O) groups excluding carboxylic acids is 1. The molecular formula is C25H28N2O5S. The van der Waals surface area contributed by atoms with Gasteiger partial charge >= 0.3 is 0 Å². The minimum Gasteiger partial charge on any atom is -0.497 e. The molecular weight excluding hydrogens is 440 g/mol. The summed E-state index contributed by atoms with van der Waals surface area (Å²) in [5.41, 5.74) is 2.58. The van der Waals surface area contributed by atoms with Gasteiger partial charge in [-0.3, -0.25) is 9.52 Å². The van der Waals surface area contributed by atoms with E-state index in [1.807, 2.05) is 38.1 Å². The molecule has 8 heteroatoms. The van der Waals surface area contributed by atoms with E-state index in [-0.39, 0.29) is 22.5 Å². The second-order valence-corrected chi connectivity index (χ2v) is 9.36. The number of nitrogens with one attached hydrogen (secondary N) is 2. The number of hydrogen-bond donors (Lipinski definition) is 2. The highest BCUT2D eigenvalue weighted by Crippen LogP contribution is 2.20. The average molecular weight is 469 g/mol. The maximum Gasteiger partial charge on any atom is 0.261 e. The summed E-state index contributed by atoms with van der Waals surface area (Å²) in [5, 5.41) is 2.86. The van der Waals surface area contributed by atoms with Crippen LogP contribution < -0.4 is 14.8 Å². The molecule has 174 valence electrons. The Balaban J connectivity index is 1.69. The van der Waals surface area contributed by atoms with E-state index in [1.54, 1.807) is 36.4 Å². The first-order valence-electron chi connectivity index (χ1n) is 10.5. The minimum atomic E-state index is -3.87. The summed E-state index contributed by atoms with van der Waals surface area (Å²) < 4.78 is 38.9. The zero-order valence-corrected chi connectivity index (χ0v) is 19.7. The number of ether oxygens (including phenoxy) is 2. The van der Waals surface area contributed by atoms with Crippen LogP contribution in [0.5, 0.6) is 5.75 Å². The standard InChI is InChI=1S/C25H28N2O5S/c1-18(2)32-17-21-8-5-4-7-20(21)16-26-25(28)19-9-6-10-24(15-19)33(29,30)27-22-11-13-23(31-3)14-12-22/h4-15,18,27H,16-17H2,1-3H3,(H,26,28). The zero-order chi connectivity index (χ0) is 23.8. The maximum atomic E-state index is 12.8. The van der Waals surface area contributed by atoms with E-state index in [0.29, 0.717) is 24.6 Å². The van der Waals surface area contributed by atoms with E-state index < -0.39 is 10.0 Å². The van der Waals surface area contributed by atoms with E-state index in [2.05, 4.69) is 10.0 Å². The topological polar surface area (TPSA) is 93.7 Å². The van der Waals surface area contributed by atoms with Gasteiger partial charge in [0.2, 0.25) is 0 Å². The lowest BCUT2D eigenvalue weighted by Gasteiger charge is -2.13. The van der Waals surface area contributed by atoms with Crippen LogP contribution in [-0.2, 0) is 27.9 Å². The molecule has 0 saturated carbocycles. The number of rotatable bonds is 10. The third-order valence-electron chi connectivity index (χ3n) is 4.88. The Kier molecular flexibility index (Phi) is 8.08. The number of benzene rings is 3. The fraction of sp³-hybridized carbons (Fsp3) is 0.240. The van der Waals surface area contributed by atoms with Crippen LogP contribution in [0, 0.1) is 0 Å². The Labute approximate surface area is 194 Å². The first kappa shape index (κ1) is 24.3. The van der Waals surface area contributed by atoms with Crippen LogP contribution in [0.25, 0.3) is 0 Å².